The van der Waals surface area contributed by atoms with Crippen molar-refractivity contribution in [2.24, 2.45) is 5.10 Å². The molecule has 1 heterocycles. The number of carbonyl (C=O) groups is 1. The van der Waals surface area contributed by atoms with Gasteiger partial charge in [-0.3, -0.25) is 4.79 Å². The molecule has 0 spiro atoms. The van der Waals surface area contributed by atoms with E-state index in [1.165, 1.54) is 6.92 Å². The highest BCUT2D eigenvalue weighted by atomic mass is 32.2. The van der Waals surface area contributed by atoms with E-state index in [9.17, 15) is 26.7 Å². The molecule has 0 unspecified atom stereocenters. The molecule has 2 aromatic rings. The molecule has 0 aliphatic carbocycles. The summed E-state index contributed by atoms with van der Waals surface area (Å²) in [6.07, 6.45) is 0. The number of benzene rings is 2. The number of para-hydroxylation sites is 1. The average molecular weight is 372 g/mol. The fraction of sp³-hybridized carbons (Fsp3) is 0.125. The van der Waals surface area contributed by atoms with E-state index in [0.29, 0.717) is 5.69 Å². The van der Waals surface area contributed by atoms with Gasteiger partial charge in [0.05, 0.1) is 16.3 Å². The molecule has 2 aromatic carbocycles. The maximum atomic E-state index is 13.8. The Hall–Kier alpha value is -2.42. The maximum absolute atomic E-state index is 13.8. The summed E-state index contributed by atoms with van der Waals surface area (Å²) < 4.78 is 67.4. The smallest absolute Gasteiger partial charge is 0.266 e. The van der Waals surface area contributed by atoms with Gasteiger partial charge in [-0.15, -0.1) is 11.8 Å². The van der Waals surface area contributed by atoms with E-state index >= 15 is 0 Å². The minimum atomic E-state index is -2.24. The van der Waals surface area contributed by atoms with Gasteiger partial charge in [0.25, 0.3) is 5.91 Å². The molecule has 9 heteroatoms. The number of hydrazone groups is 1. The molecular formula is C16H9F5N2OS. The Morgan fingerprint density at radius 3 is 2.00 bits per heavy atom. The van der Waals surface area contributed by atoms with Crippen LogP contribution in [-0.2, 0) is 4.79 Å². The molecule has 1 aliphatic heterocycles. The topological polar surface area (TPSA) is 32.7 Å². The summed E-state index contributed by atoms with van der Waals surface area (Å²) in [6.45, 7) is 1.44. The van der Waals surface area contributed by atoms with E-state index in [1.54, 1.807) is 30.3 Å². The van der Waals surface area contributed by atoms with Crippen molar-refractivity contribution in [3.8, 4) is 0 Å². The quantitative estimate of drug-likeness (QED) is 0.458. The Labute approximate surface area is 143 Å². The number of carbonyl (C=O) groups excluding carboxylic acids is 1. The zero-order valence-electron chi connectivity index (χ0n) is 12.6. The molecule has 0 saturated heterocycles. The summed E-state index contributed by atoms with van der Waals surface area (Å²) in [5, 5.41) is 3.84. The first kappa shape index (κ1) is 17.4. The standard InChI is InChI=1S/C16H9F5N2OS/c1-7-14(16(24)23(22-7)8-5-3-2-4-6-8)25-15-12(20)10(18)9(17)11(19)13(15)21/h2-6,14H,1H3/t14-/m0/s1. The predicted molar refractivity (Wildman–Crippen MR) is 82.9 cm³/mol. The van der Waals surface area contributed by atoms with Gasteiger partial charge >= 0.3 is 0 Å². The molecular weight excluding hydrogens is 363 g/mol. The summed E-state index contributed by atoms with van der Waals surface area (Å²) in [7, 11) is 0. The number of hydrogen-bond acceptors (Lipinski definition) is 3. The molecule has 130 valence electrons. The van der Waals surface area contributed by atoms with Crippen LogP contribution in [0.15, 0.2) is 40.3 Å². The number of amides is 1. The van der Waals surface area contributed by atoms with Gasteiger partial charge in [-0.1, -0.05) is 18.2 Å². The highest BCUT2D eigenvalue weighted by Gasteiger charge is 2.38. The number of anilines is 1. The third kappa shape index (κ3) is 2.88. The lowest BCUT2D eigenvalue weighted by atomic mass is 10.2. The number of halogens is 5. The third-order valence-electron chi connectivity index (χ3n) is 3.48. The number of rotatable bonds is 3. The molecule has 3 nitrogen and oxygen atoms in total. The zero-order chi connectivity index (χ0) is 18.3. The van der Waals surface area contributed by atoms with Gasteiger partial charge in [-0.25, -0.2) is 22.0 Å². The second kappa shape index (κ2) is 6.47. The van der Waals surface area contributed by atoms with Crippen molar-refractivity contribution in [1.82, 2.24) is 0 Å². The molecule has 0 bridgehead atoms. The summed E-state index contributed by atoms with van der Waals surface area (Å²) in [4.78, 5) is 11.4. The van der Waals surface area contributed by atoms with Crippen LogP contribution in [0.3, 0.4) is 0 Å². The second-order valence-electron chi connectivity index (χ2n) is 5.12. The molecule has 1 aliphatic rings. The first-order chi connectivity index (χ1) is 11.8. The van der Waals surface area contributed by atoms with Gasteiger partial charge in [0.2, 0.25) is 5.82 Å². The fourth-order valence-electron chi connectivity index (χ4n) is 2.25. The molecule has 0 fully saturated rings. The van der Waals surface area contributed by atoms with Crippen LogP contribution in [0.4, 0.5) is 27.6 Å². The van der Waals surface area contributed by atoms with E-state index in [2.05, 4.69) is 5.10 Å². The van der Waals surface area contributed by atoms with Crippen LogP contribution in [0.2, 0.25) is 0 Å². The highest BCUT2D eigenvalue weighted by molar-refractivity contribution is 8.01. The molecule has 1 atom stereocenters. The van der Waals surface area contributed by atoms with Crippen LogP contribution >= 0.6 is 11.8 Å². The zero-order valence-corrected chi connectivity index (χ0v) is 13.4. The van der Waals surface area contributed by atoms with Crippen LogP contribution < -0.4 is 5.01 Å². The lowest BCUT2D eigenvalue weighted by Gasteiger charge is -2.15. The number of thioether (sulfide) groups is 1. The molecule has 1 amide bonds. The summed E-state index contributed by atoms with van der Waals surface area (Å²) >= 11 is 0.237. The SMILES string of the molecule is CC1=NN(c2ccccc2)C(=O)[C@H]1Sc1c(F)c(F)c(F)c(F)c1F. The molecule has 25 heavy (non-hydrogen) atoms. The Morgan fingerprint density at radius 1 is 0.920 bits per heavy atom. The average Bonchev–Trinajstić information content (AvgIpc) is 2.90. The molecule has 3 rings (SSSR count). The van der Waals surface area contributed by atoms with Crippen molar-refractivity contribution < 1.29 is 26.7 Å². The van der Waals surface area contributed by atoms with Crippen molar-refractivity contribution in [1.29, 1.82) is 0 Å². The lowest BCUT2D eigenvalue weighted by molar-refractivity contribution is -0.116. The van der Waals surface area contributed by atoms with E-state index in [1.807, 2.05) is 0 Å². The Morgan fingerprint density at radius 2 is 1.44 bits per heavy atom. The Kier molecular flexibility index (Phi) is 4.51. The van der Waals surface area contributed by atoms with Gasteiger partial charge < -0.3 is 0 Å². The van der Waals surface area contributed by atoms with Gasteiger partial charge in [-0.2, -0.15) is 10.1 Å². The van der Waals surface area contributed by atoms with Gasteiger partial charge in [0.1, 0.15) is 5.25 Å². The first-order valence-corrected chi connectivity index (χ1v) is 7.83. The van der Waals surface area contributed by atoms with Gasteiger partial charge in [0, 0.05) is 0 Å². The number of nitrogens with zero attached hydrogens (tertiary/aromatic N) is 2. The normalized spacial score (nSPS) is 17.2. The van der Waals surface area contributed by atoms with Crippen molar-refractivity contribution in [2.75, 3.05) is 5.01 Å². The van der Waals surface area contributed by atoms with E-state index in [0.717, 1.165) is 5.01 Å². The molecule has 0 aromatic heterocycles. The van der Waals surface area contributed by atoms with Gasteiger partial charge in [0.15, 0.2) is 23.3 Å². The van der Waals surface area contributed by atoms with Crippen molar-refractivity contribution in [3.05, 3.63) is 59.4 Å². The van der Waals surface area contributed by atoms with E-state index in [4.69, 9.17) is 0 Å². The van der Waals surface area contributed by atoms with Crippen LogP contribution in [-0.4, -0.2) is 16.9 Å². The van der Waals surface area contributed by atoms with Crippen molar-refractivity contribution in [3.63, 3.8) is 0 Å². The number of hydrogen-bond donors (Lipinski definition) is 0. The van der Waals surface area contributed by atoms with Gasteiger partial charge in [-0.05, 0) is 19.1 Å². The minimum absolute atomic E-state index is 0.183. The van der Waals surface area contributed by atoms with Crippen LogP contribution in [0.25, 0.3) is 0 Å². The van der Waals surface area contributed by atoms with Crippen molar-refractivity contribution in [2.45, 2.75) is 17.1 Å². The first-order valence-electron chi connectivity index (χ1n) is 6.95. The fourth-order valence-corrected chi connectivity index (χ4v) is 3.29. The van der Waals surface area contributed by atoms with E-state index in [-0.39, 0.29) is 17.5 Å². The van der Waals surface area contributed by atoms with Crippen molar-refractivity contribution >= 4 is 29.1 Å². The molecule has 0 saturated carbocycles. The highest BCUT2D eigenvalue weighted by Crippen LogP contribution is 2.37. The monoisotopic (exact) mass is 372 g/mol. The van der Waals surface area contributed by atoms with Crippen LogP contribution in [0.1, 0.15) is 6.92 Å². The van der Waals surface area contributed by atoms with Crippen LogP contribution in [0.5, 0.6) is 0 Å². The molecule has 0 N–H and O–H groups in total. The Balaban J connectivity index is 1.95. The summed E-state index contributed by atoms with van der Waals surface area (Å²) in [5.74, 6) is -10.9. The van der Waals surface area contributed by atoms with E-state index < -0.39 is 45.1 Å². The minimum Gasteiger partial charge on any atom is -0.271 e. The lowest BCUT2D eigenvalue weighted by Crippen LogP contribution is -2.29. The summed E-state index contributed by atoms with van der Waals surface area (Å²) in [6, 6.07) is 8.25. The third-order valence-corrected chi connectivity index (χ3v) is 4.85. The maximum Gasteiger partial charge on any atom is 0.266 e. The predicted octanol–water partition coefficient (Wildman–Crippen LogP) is 4.27. The molecule has 0 radical (unpaired) electrons. The second-order valence-corrected chi connectivity index (χ2v) is 6.24. The summed E-state index contributed by atoms with van der Waals surface area (Å²) in [5.41, 5.74) is 0.607. The Bertz CT molecular complexity index is 859. The van der Waals surface area contributed by atoms with Crippen LogP contribution in [0, 0.1) is 29.1 Å². The largest absolute Gasteiger partial charge is 0.271 e.